The SMILES string of the molecule is CC[C@@H]1CN(c2cc(=O)n(C)c3ccc(C#N)nc23)CCN1C(c1ccc(F)cc1)c1ccc(F)cc1. The van der Waals surface area contributed by atoms with Crippen molar-refractivity contribution in [3.05, 3.63) is 106 Å². The van der Waals surface area contributed by atoms with Gasteiger partial charge in [-0.3, -0.25) is 9.69 Å². The summed E-state index contributed by atoms with van der Waals surface area (Å²) >= 11 is 0. The standard InChI is InChI=1S/C29H27F2N5O/c1-3-24-18-35(26-16-27(37)34(2)25-13-12-23(17-32)33-28(25)26)14-15-36(24)29(19-4-8-21(30)9-5-19)20-6-10-22(31)11-7-20/h4-13,16,24,29H,3,14-15,18H2,1-2H3/t24-/m1/s1. The van der Waals surface area contributed by atoms with E-state index in [0.717, 1.165) is 17.5 Å². The molecule has 0 amide bonds. The number of nitrogens with zero attached hydrogens (tertiary/aromatic N) is 5. The van der Waals surface area contributed by atoms with Crippen molar-refractivity contribution in [2.24, 2.45) is 7.05 Å². The second-order valence-electron chi connectivity index (χ2n) is 9.35. The Morgan fingerprint density at radius 3 is 2.19 bits per heavy atom. The summed E-state index contributed by atoms with van der Waals surface area (Å²) in [5.74, 6) is -0.611. The maximum absolute atomic E-state index is 13.7. The average molecular weight is 500 g/mol. The Hall–Kier alpha value is -4.09. The fourth-order valence-corrected chi connectivity index (χ4v) is 5.27. The highest BCUT2D eigenvalue weighted by Gasteiger charge is 2.34. The molecule has 0 radical (unpaired) electrons. The van der Waals surface area contributed by atoms with Crippen LogP contribution in [0.4, 0.5) is 14.5 Å². The molecule has 1 aliphatic rings. The highest BCUT2D eigenvalue weighted by atomic mass is 19.1. The Labute approximate surface area is 214 Å². The van der Waals surface area contributed by atoms with E-state index in [9.17, 15) is 18.8 Å². The molecule has 4 aromatic rings. The third kappa shape index (κ3) is 4.70. The van der Waals surface area contributed by atoms with E-state index in [2.05, 4.69) is 27.8 Å². The number of nitriles is 1. The van der Waals surface area contributed by atoms with Gasteiger partial charge in [-0.05, 0) is 53.9 Å². The molecule has 37 heavy (non-hydrogen) atoms. The molecule has 0 aliphatic carbocycles. The number of piperazine rings is 1. The summed E-state index contributed by atoms with van der Waals surface area (Å²) in [6.45, 7) is 4.03. The number of hydrogen-bond donors (Lipinski definition) is 0. The minimum absolute atomic E-state index is 0.0899. The number of benzene rings is 2. The maximum atomic E-state index is 13.7. The first-order valence-electron chi connectivity index (χ1n) is 12.3. The Morgan fingerprint density at radius 1 is 1.00 bits per heavy atom. The largest absolute Gasteiger partial charge is 0.367 e. The molecule has 8 heteroatoms. The van der Waals surface area contributed by atoms with Crippen molar-refractivity contribution in [3.8, 4) is 6.07 Å². The minimum Gasteiger partial charge on any atom is -0.367 e. The van der Waals surface area contributed by atoms with E-state index in [-0.39, 0.29) is 29.3 Å². The molecule has 1 aliphatic heterocycles. The second-order valence-corrected chi connectivity index (χ2v) is 9.35. The zero-order chi connectivity index (χ0) is 26.1. The van der Waals surface area contributed by atoms with E-state index in [4.69, 9.17) is 0 Å². The van der Waals surface area contributed by atoms with Crippen LogP contribution in [0, 0.1) is 23.0 Å². The number of aromatic nitrogens is 2. The van der Waals surface area contributed by atoms with Crippen molar-refractivity contribution in [1.82, 2.24) is 14.5 Å². The summed E-state index contributed by atoms with van der Waals surface area (Å²) < 4.78 is 29.0. The number of pyridine rings is 2. The van der Waals surface area contributed by atoms with Crippen LogP contribution in [0.2, 0.25) is 0 Å². The molecule has 6 nitrogen and oxygen atoms in total. The molecule has 1 atom stereocenters. The van der Waals surface area contributed by atoms with Gasteiger partial charge in [-0.1, -0.05) is 31.2 Å². The highest BCUT2D eigenvalue weighted by Crippen LogP contribution is 2.35. The van der Waals surface area contributed by atoms with Gasteiger partial charge in [0.25, 0.3) is 5.56 Å². The van der Waals surface area contributed by atoms with Gasteiger partial charge in [0.1, 0.15) is 28.9 Å². The van der Waals surface area contributed by atoms with Crippen LogP contribution in [-0.4, -0.2) is 40.1 Å². The summed E-state index contributed by atoms with van der Waals surface area (Å²) in [6, 6.07) is 19.9. The summed E-state index contributed by atoms with van der Waals surface area (Å²) in [5.41, 5.74) is 4.03. The predicted octanol–water partition coefficient (Wildman–Crippen LogP) is 4.77. The van der Waals surface area contributed by atoms with Crippen molar-refractivity contribution < 1.29 is 8.78 Å². The van der Waals surface area contributed by atoms with Crippen LogP contribution in [0.1, 0.15) is 36.2 Å². The number of rotatable bonds is 5. The number of aryl methyl sites for hydroxylation is 1. The van der Waals surface area contributed by atoms with Crippen molar-refractivity contribution in [2.75, 3.05) is 24.5 Å². The Bertz CT molecular complexity index is 1480. The first kappa shape index (κ1) is 24.6. The van der Waals surface area contributed by atoms with E-state index >= 15 is 0 Å². The fraction of sp³-hybridized carbons (Fsp3) is 0.276. The minimum atomic E-state index is -0.305. The van der Waals surface area contributed by atoms with Crippen LogP contribution in [0.15, 0.2) is 71.5 Å². The summed E-state index contributed by atoms with van der Waals surface area (Å²) in [6.07, 6.45) is 0.828. The summed E-state index contributed by atoms with van der Waals surface area (Å²) in [5, 5.41) is 9.40. The first-order chi connectivity index (χ1) is 17.9. The monoisotopic (exact) mass is 499 g/mol. The molecule has 1 fully saturated rings. The molecule has 2 aromatic carbocycles. The van der Waals surface area contributed by atoms with E-state index in [1.807, 2.05) is 0 Å². The van der Waals surface area contributed by atoms with Gasteiger partial charge in [0.05, 0.1) is 17.2 Å². The van der Waals surface area contributed by atoms with Gasteiger partial charge < -0.3 is 9.47 Å². The molecular formula is C29H27F2N5O. The van der Waals surface area contributed by atoms with Gasteiger partial charge in [-0.15, -0.1) is 0 Å². The van der Waals surface area contributed by atoms with Gasteiger partial charge in [-0.2, -0.15) is 5.26 Å². The van der Waals surface area contributed by atoms with Crippen LogP contribution in [0.5, 0.6) is 0 Å². The van der Waals surface area contributed by atoms with Crippen LogP contribution in [0.25, 0.3) is 11.0 Å². The van der Waals surface area contributed by atoms with Gasteiger partial charge in [0, 0.05) is 38.8 Å². The topological polar surface area (TPSA) is 65.2 Å². The lowest BCUT2D eigenvalue weighted by Gasteiger charge is -2.46. The smallest absolute Gasteiger partial charge is 0.252 e. The van der Waals surface area contributed by atoms with Gasteiger partial charge in [0.15, 0.2) is 0 Å². The first-order valence-corrected chi connectivity index (χ1v) is 12.3. The Morgan fingerprint density at radius 2 is 1.62 bits per heavy atom. The Kier molecular flexibility index (Phi) is 6.72. The van der Waals surface area contributed by atoms with E-state index in [1.54, 1.807) is 54.1 Å². The van der Waals surface area contributed by atoms with Crippen molar-refractivity contribution in [1.29, 1.82) is 5.26 Å². The lowest BCUT2D eigenvalue weighted by Crippen LogP contribution is -2.54. The molecule has 0 saturated carbocycles. The normalized spacial score (nSPS) is 16.3. The van der Waals surface area contributed by atoms with E-state index in [1.165, 1.54) is 24.3 Å². The number of fused-ring (bicyclic) bond motifs is 1. The molecule has 3 heterocycles. The second kappa shape index (κ2) is 10.1. The third-order valence-electron chi connectivity index (χ3n) is 7.23. The quantitative estimate of drug-likeness (QED) is 0.396. The van der Waals surface area contributed by atoms with Crippen LogP contribution < -0.4 is 10.5 Å². The predicted molar refractivity (Wildman–Crippen MR) is 139 cm³/mol. The lowest BCUT2D eigenvalue weighted by molar-refractivity contribution is 0.135. The fourth-order valence-electron chi connectivity index (χ4n) is 5.27. The summed E-state index contributed by atoms with van der Waals surface area (Å²) in [4.78, 5) is 21.8. The molecule has 1 saturated heterocycles. The van der Waals surface area contributed by atoms with Crippen molar-refractivity contribution in [3.63, 3.8) is 0 Å². The number of hydrogen-bond acceptors (Lipinski definition) is 5. The molecule has 0 spiro atoms. The van der Waals surface area contributed by atoms with Gasteiger partial charge in [-0.25, -0.2) is 13.8 Å². The van der Waals surface area contributed by atoms with Gasteiger partial charge in [0.2, 0.25) is 0 Å². The third-order valence-corrected chi connectivity index (χ3v) is 7.23. The molecule has 5 rings (SSSR count). The molecule has 0 bridgehead atoms. The van der Waals surface area contributed by atoms with Crippen molar-refractivity contribution >= 4 is 16.7 Å². The molecule has 188 valence electrons. The molecule has 2 aromatic heterocycles. The van der Waals surface area contributed by atoms with Crippen LogP contribution >= 0.6 is 0 Å². The molecular weight excluding hydrogens is 472 g/mol. The summed E-state index contributed by atoms with van der Waals surface area (Å²) in [7, 11) is 1.70. The van der Waals surface area contributed by atoms with Crippen LogP contribution in [-0.2, 0) is 7.05 Å². The van der Waals surface area contributed by atoms with Crippen molar-refractivity contribution in [2.45, 2.75) is 25.4 Å². The van der Waals surface area contributed by atoms with E-state index in [0.29, 0.717) is 42.0 Å². The van der Waals surface area contributed by atoms with E-state index < -0.39 is 0 Å². The number of anilines is 1. The van der Waals surface area contributed by atoms with Crippen LogP contribution in [0.3, 0.4) is 0 Å². The highest BCUT2D eigenvalue weighted by molar-refractivity contribution is 5.88. The average Bonchev–Trinajstić information content (AvgIpc) is 2.92. The lowest BCUT2D eigenvalue weighted by atomic mass is 9.93. The van der Waals surface area contributed by atoms with Gasteiger partial charge >= 0.3 is 0 Å². The molecule has 0 N–H and O–H groups in total. The zero-order valence-corrected chi connectivity index (χ0v) is 20.7. The zero-order valence-electron chi connectivity index (χ0n) is 20.7. The maximum Gasteiger partial charge on any atom is 0.252 e. The Balaban J connectivity index is 1.54. The number of halogens is 2. The molecule has 0 unspecified atom stereocenters.